The molecule has 224 valence electrons. The molecule has 5 aromatic rings. The second-order valence-electron chi connectivity index (χ2n) is 10.6. The normalized spacial score (nSPS) is 13.6. The van der Waals surface area contributed by atoms with Gasteiger partial charge in [0.05, 0.1) is 19.0 Å². The number of anilines is 2. The van der Waals surface area contributed by atoms with E-state index in [1.165, 1.54) is 24.4 Å². The van der Waals surface area contributed by atoms with Gasteiger partial charge in [-0.05, 0) is 60.6 Å². The molecule has 1 fully saturated rings. The number of methoxy groups -OCH3 is 1. The number of carbonyl (C=O) groups excluding carboxylic acids is 2. The van der Waals surface area contributed by atoms with Crippen molar-refractivity contribution in [1.82, 2.24) is 24.6 Å². The molecule has 0 aliphatic carbocycles. The van der Waals surface area contributed by atoms with Crippen LogP contribution < -0.4 is 20.3 Å². The van der Waals surface area contributed by atoms with E-state index in [9.17, 15) is 14.0 Å². The van der Waals surface area contributed by atoms with Gasteiger partial charge in [-0.15, -0.1) is 0 Å². The zero-order valence-electron chi connectivity index (χ0n) is 24.5. The van der Waals surface area contributed by atoms with Gasteiger partial charge in [-0.1, -0.05) is 18.2 Å². The van der Waals surface area contributed by atoms with Crippen LogP contribution in [0.2, 0.25) is 0 Å². The van der Waals surface area contributed by atoms with Gasteiger partial charge < -0.3 is 25.2 Å². The summed E-state index contributed by atoms with van der Waals surface area (Å²) < 4.78 is 21.5. The molecule has 2 amide bonds. The smallest absolute Gasteiger partial charge is 0.274 e. The summed E-state index contributed by atoms with van der Waals surface area (Å²) in [5.41, 5.74) is 4.70. The lowest BCUT2D eigenvalue weighted by molar-refractivity contribution is 0.0949. The van der Waals surface area contributed by atoms with Crippen LogP contribution in [-0.4, -0.2) is 71.4 Å². The van der Waals surface area contributed by atoms with E-state index in [2.05, 4.69) is 43.5 Å². The van der Waals surface area contributed by atoms with Crippen LogP contribution in [0.3, 0.4) is 0 Å². The number of nitrogens with zero attached hydrogens (tertiary/aromatic N) is 5. The molecule has 0 spiro atoms. The van der Waals surface area contributed by atoms with E-state index >= 15 is 0 Å². The van der Waals surface area contributed by atoms with Crippen LogP contribution in [0.5, 0.6) is 5.88 Å². The van der Waals surface area contributed by atoms with E-state index in [1.54, 1.807) is 30.0 Å². The molecule has 2 aromatic carbocycles. The number of pyridine rings is 2. The lowest BCUT2D eigenvalue weighted by atomic mass is 10.1. The highest BCUT2D eigenvalue weighted by atomic mass is 19.1. The van der Waals surface area contributed by atoms with Crippen LogP contribution in [0.4, 0.5) is 15.8 Å². The lowest BCUT2D eigenvalue weighted by Gasteiger charge is -2.35. The Morgan fingerprint density at radius 2 is 1.73 bits per heavy atom. The number of piperazine rings is 1. The monoisotopic (exact) mass is 593 g/mol. The maximum absolute atomic E-state index is 14.8. The first-order valence-electron chi connectivity index (χ1n) is 14.3. The molecule has 1 saturated heterocycles. The Hall–Kier alpha value is -5.29. The molecule has 1 aliphatic rings. The first kappa shape index (κ1) is 28.8. The highest BCUT2D eigenvalue weighted by Crippen LogP contribution is 2.24. The molecule has 4 heterocycles. The summed E-state index contributed by atoms with van der Waals surface area (Å²) in [6.45, 7) is 4.09. The number of imidazole rings is 1. The molecule has 0 radical (unpaired) electrons. The fourth-order valence-corrected chi connectivity index (χ4v) is 5.24. The third kappa shape index (κ3) is 6.09. The first-order chi connectivity index (χ1) is 21.4. The number of nitrogens with one attached hydrogen (secondary N) is 2. The van der Waals surface area contributed by atoms with E-state index in [0.29, 0.717) is 18.1 Å². The second kappa shape index (κ2) is 12.5. The Balaban J connectivity index is 1.14. The molecule has 0 unspecified atom stereocenters. The van der Waals surface area contributed by atoms with E-state index in [-0.39, 0.29) is 22.9 Å². The fourth-order valence-electron chi connectivity index (χ4n) is 5.24. The van der Waals surface area contributed by atoms with Crippen molar-refractivity contribution in [3.8, 4) is 17.0 Å². The Kier molecular flexibility index (Phi) is 8.20. The number of halogens is 1. The van der Waals surface area contributed by atoms with Gasteiger partial charge in [0.15, 0.2) is 0 Å². The minimum absolute atomic E-state index is 0.101. The number of benzene rings is 2. The SMILES string of the molecule is COc1ccc(-c2ccn3c(C(=O)Nc4cc(C(=O)NCc5ccccc5N5CCN(C)CC5)ccc4F)cnc3c2)cn1. The van der Waals surface area contributed by atoms with Crippen molar-refractivity contribution in [3.63, 3.8) is 0 Å². The lowest BCUT2D eigenvalue weighted by Crippen LogP contribution is -2.45. The van der Waals surface area contributed by atoms with Gasteiger partial charge in [0.2, 0.25) is 5.88 Å². The van der Waals surface area contributed by atoms with Crippen molar-refractivity contribution >= 4 is 28.8 Å². The number of aromatic nitrogens is 3. The summed E-state index contributed by atoms with van der Waals surface area (Å²) in [5.74, 6) is -1.08. The van der Waals surface area contributed by atoms with Gasteiger partial charge in [0, 0.05) is 68.0 Å². The zero-order valence-corrected chi connectivity index (χ0v) is 24.5. The molecule has 44 heavy (non-hydrogen) atoms. The summed E-state index contributed by atoms with van der Waals surface area (Å²) in [4.78, 5) is 39.5. The van der Waals surface area contributed by atoms with Crippen LogP contribution >= 0.6 is 0 Å². The van der Waals surface area contributed by atoms with Crippen molar-refractivity contribution in [2.45, 2.75) is 6.54 Å². The summed E-state index contributed by atoms with van der Waals surface area (Å²) in [6.07, 6.45) is 4.84. The number of carbonyl (C=O) groups is 2. The Bertz CT molecular complexity index is 1810. The largest absolute Gasteiger partial charge is 0.481 e. The van der Waals surface area contributed by atoms with Gasteiger partial charge in [-0.25, -0.2) is 14.4 Å². The molecule has 6 rings (SSSR count). The topological polar surface area (TPSA) is 104 Å². The Labute approximate surface area is 254 Å². The third-order valence-corrected chi connectivity index (χ3v) is 7.78. The van der Waals surface area contributed by atoms with Crippen molar-refractivity contribution in [2.24, 2.45) is 0 Å². The highest BCUT2D eigenvalue weighted by Gasteiger charge is 2.19. The number of fused-ring (bicyclic) bond motifs is 1. The van der Waals surface area contributed by atoms with Gasteiger partial charge in [0.25, 0.3) is 11.8 Å². The maximum atomic E-state index is 14.8. The van der Waals surface area contributed by atoms with E-state index < -0.39 is 11.7 Å². The average molecular weight is 594 g/mol. The molecule has 3 aromatic heterocycles. The summed E-state index contributed by atoms with van der Waals surface area (Å²) in [7, 11) is 3.66. The van der Waals surface area contributed by atoms with Crippen LogP contribution in [0.1, 0.15) is 26.4 Å². The summed E-state index contributed by atoms with van der Waals surface area (Å²) in [6, 6.07) is 19.2. The standard InChI is InChI=1S/C33H32FN7O3/c1-39-13-15-40(16-14-39)28-6-4-3-5-25(28)20-37-32(42)23-7-9-26(34)27(17-23)38-33(43)29-21-35-30-18-22(11-12-41(29)30)24-8-10-31(44-2)36-19-24/h3-12,17-19,21H,13-16,20H2,1-2H3,(H,37,42)(H,38,43). The molecule has 10 nitrogen and oxygen atoms in total. The van der Waals surface area contributed by atoms with E-state index in [0.717, 1.165) is 48.6 Å². The quantitative estimate of drug-likeness (QED) is 0.274. The first-order valence-corrected chi connectivity index (χ1v) is 14.3. The van der Waals surface area contributed by atoms with Crippen molar-refractivity contribution in [3.05, 3.63) is 108 Å². The van der Waals surface area contributed by atoms with E-state index in [1.807, 2.05) is 36.4 Å². The average Bonchev–Trinajstić information content (AvgIpc) is 3.49. The molecule has 0 atom stereocenters. The van der Waals surface area contributed by atoms with E-state index in [4.69, 9.17) is 4.74 Å². The summed E-state index contributed by atoms with van der Waals surface area (Å²) >= 11 is 0. The third-order valence-electron chi connectivity index (χ3n) is 7.78. The predicted molar refractivity (Wildman–Crippen MR) is 167 cm³/mol. The predicted octanol–water partition coefficient (Wildman–Crippen LogP) is 4.48. The fraction of sp³-hybridized carbons (Fsp3) is 0.212. The van der Waals surface area contributed by atoms with Crippen LogP contribution in [0, 0.1) is 5.82 Å². The Morgan fingerprint density at radius 1 is 0.909 bits per heavy atom. The van der Waals surface area contributed by atoms with Gasteiger partial charge in [0.1, 0.15) is 17.2 Å². The number of amides is 2. The number of para-hydroxylation sites is 1. The molecular formula is C33H32FN7O3. The molecule has 1 aliphatic heterocycles. The van der Waals surface area contributed by atoms with Gasteiger partial charge in [-0.3, -0.25) is 14.0 Å². The number of ether oxygens (including phenoxy) is 1. The number of hydrogen-bond acceptors (Lipinski definition) is 7. The molecule has 2 N–H and O–H groups in total. The molecule has 0 saturated carbocycles. The van der Waals surface area contributed by atoms with Crippen LogP contribution in [0.25, 0.3) is 16.8 Å². The van der Waals surface area contributed by atoms with Gasteiger partial charge in [-0.2, -0.15) is 0 Å². The zero-order chi connectivity index (χ0) is 30.6. The second-order valence-corrected chi connectivity index (χ2v) is 10.6. The van der Waals surface area contributed by atoms with Gasteiger partial charge >= 0.3 is 0 Å². The minimum Gasteiger partial charge on any atom is -0.481 e. The Morgan fingerprint density at radius 3 is 2.50 bits per heavy atom. The van der Waals surface area contributed by atoms with Crippen molar-refractivity contribution in [1.29, 1.82) is 0 Å². The van der Waals surface area contributed by atoms with Crippen LogP contribution in [0.15, 0.2) is 85.3 Å². The molecule has 0 bridgehead atoms. The molecule has 11 heteroatoms. The molecular weight excluding hydrogens is 561 g/mol. The highest BCUT2D eigenvalue weighted by molar-refractivity contribution is 6.04. The maximum Gasteiger partial charge on any atom is 0.274 e. The number of hydrogen-bond donors (Lipinski definition) is 2. The van der Waals surface area contributed by atoms with Crippen LogP contribution in [-0.2, 0) is 6.54 Å². The number of likely N-dealkylation sites (N-methyl/N-ethyl adjacent to an activating group) is 1. The summed E-state index contributed by atoms with van der Waals surface area (Å²) in [5, 5.41) is 5.54. The van der Waals surface area contributed by atoms with Crippen molar-refractivity contribution < 1.29 is 18.7 Å². The van der Waals surface area contributed by atoms with Crippen molar-refractivity contribution in [2.75, 3.05) is 50.6 Å². The number of rotatable bonds is 8. The minimum atomic E-state index is -0.654.